The van der Waals surface area contributed by atoms with Gasteiger partial charge in [-0.15, -0.1) is 0 Å². The van der Waals surface area contributed by atoms with Gasteiger partial charge in [-0.05, 0) is 35.2 Å². The van der Waals surface area contributed by atoms with Gasteiger partial charge in [0.05, 0.1) is 0 Å². The second-order valence-electron chi connectivity index (χ2n) is 3.27. The third-order valence-corrected chi connectivity index (χ3v) is 2.81. The molecule has 1 rings (SSSR count). The SMILES string of the molecule is CCCCC(=O)CCc1ccsc1. The van der Waals surface area contributed by atoms with Crippen LogP contribution < -0.4 is 0 Å². The number of hydrogen-bond donors (Lipinski definition) is 0. The lowest BCUT2D eigenvalue weighted by atomic mass is 10.1. The van der Waals surface area contributed by atoms with Gasteiger partial charge in [-0.2, -0.15) is 11.3 Å². The number of rotatable bonds is 6. The van der Waals surface area contributed by atoms with Crippen LogP contribution in [0, 0.1) is 0 Å². The van der Waals surface area contributed by atoms with Crippen molar-refractivity contribution in [2.45, 2.75) is 39.0 Å². The quantitative estimate of drug-likeness (QED) is 0.681. The average Bonchev–Trinajstić information content (AvgIpc) is 2.64. The van der Waals surface area contributed by atoms with Crippen molar-refractivity contribution in [3.05, 3.63) is 22.4 Å². The molecule has 0 saturated carbocycles. The van der Waals surface area contributed by atoms with E-state index in [9.17, 15) is 4.79 Å². The van der Waals surface area contributed by atoms with Crippen LogP contribution >= 0.6 is 11.3 Å². The van der Waals surface area contributed by atoms with Crippen LogP contribution in [0.4, 0.5) is 0 Å². The highest BCUT2D eigenvalue weighted by Crippen LogP contribution is 2.09. The lowest BCUT2D eigenvalue weighted by molar-refractivity contribution is -0.119. The van der Waals surface area contributed by atoms with E-state index < -0.39 is 0 Å². The molecule has 1 aromatic heterocycles. The minimum Gasteiger partial charge on any atom is -0.300 e. The number of hydrogen-bond acceptors (Lipinski definition) is 2. The van der Waals surface area contributed by atoms with Crippen LogP contribution in [0.25, 0.3) is 0 Å². The maximum absolute atomic E-state index is 11.3. The largest absolute Gasteiger partial charge is 0.300 e. The smallest absolute Gasteiger partial charge is 0.133 e. The first-order valence-corrected chi connectivity index (χ1v) is 5.80. The summed E-state index contributed by atoms with van der Waals surface area (Å²) in [4.78, 5) is 11.3. The minimum absolute atomic E-state index is 0.410. The fourth-order valence-corrected chi connectivity index (χ4v) is 1.92. The predicted molar refractivity (Wildman–Crippen MR) is 57.2 cm³/mol. The van der Waals surface area contributed by atoms with E-state index in [2.05, 4.69) is 23.8 Å². The summed E-state index contributed by atoms with van der Waals surface area (Å²) in [7, 11) is 0. The van der Waals surface area contributed by atoms with Gasteiger partial charge in [-0.3, -0.25) is 4.79 Å². The number of Topliss-reactive ketones (excluding diaryl/α,β-unsaturated/α-hetero) is 1. The molecule has 1 nitrogen and oxygen atoms in total. The van der Waals surface area contributed by atoms with E-state index in [1.165, 1.54) is 5.56 Å². The molecule has 0 aliphatic rings. The lowest BCUT2D eigenvalue weighted by Gasteiger charge is -1.97. The molecule has 0 amide bonds. The number of unbranched alkanes of at least 4 members (excludes halogenated alkanes) is 1. The Labute approximate surface area is 83.8 Å². The summed E-state index contributed by atoms with van der Waals surface area (Å²) in [5.74, 6) is 0.410. The number of ketones is 1. The number of thiophene rings is 1. The van der Waals surface area contributed by atoms with Crippen molar-refractivity contribution < 1.29 is 4.79 Å². The standard InChI is InChI=1S/C11H16OS/c1-2-3-4-11(12)6-5-10-7-8-13-9-10/h7-9H,2-6H2,1H3. The van der Waals surface area contributed by atoms with Crippen LogP contribution in [0.1, 0.15) is 38.2 Å². The van der Waals surface area contributed by atoms with Gasteiger partial charge in [-0.25, -0.2) is 0 Å². The van der Waals surface area contributed by atoms with Gasteiger partial charge in [0.15, 0.2) is 0 Å². The Bertz CT molecular complexity index is 239. The molecule has 1 aromatic rings. The second-order valence-corrected chi connectivity index (χ2v) is 4.05. The Morgan fingerprint density at radius 2 is 2.31 bits per heavy atom. The molecule has 0 radical (unpaired) electrons. The summed E-state index contributed by atoms with van der Waals surface area (Å²) in [6.07, 6.45) is 4.57. The van der Waals surface area contributed by atoms with Gasteiger partial charge in [0.2, 0.25) is 0 Å². The van der Waals surface area contributed by atoms with Gasteiger partial charge in [-0.1, -0.05) is 13.3 Å². The van der Waals surface area contributed by atoms with Crippen molar-refractivity contribution in [2.24, 2.45) is 0 Å². The van der Waals surface area contributed by atoms with E-state index in [0.29, 0.717) is 5.78 Å². The highest BCUT2D eigenvalue weighted by Gasteiger charge is 2.01. The van der Waals surface area contributed by atoms with Crippen molar-refractivity contribution in [3.63, 3.8) is 0 Å². The van der Waals surface area contributed by atoms with Crippen molar-refractivity contribution in [1.82, 2.24) is 0 Å². The maximum Gasteiger partial charge on any atom is 0.133 e. The van der Waals surface area contributed by atoms with Crippen molar-refractivity contribution in [1.29, 1.82) is 0 Å². The monoisotopic (exact) mass is 196 g/mol. The van der Waals surface area contributed by atoms with Gasteiger partial charge in [0.25, 0.3) is 0 Å². The normalized spacial score (nSPS) is 10.2. The molecule has 0 N–H and O–H groups in total. The van der Waals surface area contributed by atoms with Crippen molar-refractivity contribution >= 4 is 17.1 Å². The molecule has 0 aromatic carbocycles. The summed E-state index contributed by atoms with van der Waals surface area (Å²) in [6.45, 7) is 2.12. The first kappa shape index (κ1) is 10.5. The van der Waals surface area contributed by atoms with Gasteiger partial charge >= 0.3 is 0 Å². The highest BCUT2D eigenvalue weighted by atomic mass is 32.1. The lowest BCUT2D eigenvalue weighted by Crippen LogP contribution is -1.98. The number of carbonyl (C=O) groups excluding carboxylic acids is 1. The Kier molecular flexibility index (Phi) is 4.76. The Morgan fingerprint density at radius 1 is 1.46 bits per heavy atom. The van der Waals surface area contributed by atoms with E-state index in [-0.39, 0.29) is 0 Å². The molecule has 0 unspecified atom stereocenters. The van der Waals surface area contributed by atoms with Crippen molar-refractivity contribution in [3.8, 4) is 0 Å². The summed E-state index contributed by atoms with van der Waals surface area (Å²) in [5, 5.41) is 4.18. The first-order valence-electron chi connectivity index (χ1n) is 4.85. The van der Waals surface area contributed by atoms with Crippen LogP contribution in [0.15, 0.2) is 16.8 Å². The van der Waals surface area contributed by atoms with E-state index in [1.54, 1.807) is 11.3 Å². The van der Waals surface area contributed by atoms with E-state index in [1.807, 2.05) is 0 Å². The van der Waals surface area contributed by atoms with Gasteiger partial charge in [0, 0.05) is 12.8 Å². The Balaban J connectivity index is 2.15. The van der Waals surface area contributed by atoms with E-state index >= 15 is 0 Å². The van der Waals surface area contributed by atoms with Crippen LogP contribution in [-0.2, 0) is 11.2 Å². The zero-order valence-corrected chi connectivity index (χ0v) is 8.90. The van der Waals surface area contributed by atoms with E-state index in [4.69, 9.17) is 0 Å². The van der Waals surface area contributed by atoms with Crippen LogP contribution in [0.2, 0.25) is 0 Å². The van der Waals surface area contributed by atoms with E-state index in [0.717, 1.165) is 32.1 Å². The average molecular weight is 196 g/mol. The Morgan fingerprint density at radius 3 is 2.92 bits per heavy atom. The molecule has 72 valence electrons. The molecule has 13 heavy (non-hydrogen) atoms. The molecule has 0 fully saturated rings. The van der Waals surface area contributed by atoms with Crippen LogP contribution in [-0.4, -0.2) is 5.78 Å². The molecule has 2 heteroatoms. The van der Waals surface area contributed by atoms with Gasteiger partial charge < -0.3 is 0 Å². The molecule has 0 atom stereocenters. The zero-order chi connectivity index (χ0) is 9.52. The first-order chi connectivity index (χ1) is 6.33. The predicted octanol–water partition coefficient (Wildman–Crippen LogP) is 3.44. The molecule has 0 saturated heterocycles. The van der Waals surface area contributed by atoms with Crippen LogP contribution in [0.3, 0.4) is 0 Å². The third-order valence-electron chi connectivity index (χ3n) is 2.08. The molecule has 0 aliphatic heterocycles. The second kappa shape index (κ2) is 5.92. The zero-order valence-electron chi connectivity index (χ0n) is 8.08. The maximum atomic E-state index is 11.3. The summed E-state index contributed by atoms with van der Waals surface area (Å²) >= 11 is 1.70. The molecular weight excluding hydrogens is 180 g/mol. The fourth-order valence-electron chi connectivity index (χ4n) is 1.22. The summed E-state index contributed by atoms with van der Waals surface area (Å²) in [6, 6.07) is 2.10. The summed E-state index contributed by atoms with van der Waals surface area (Å²) in [5.41, 5.74) is 1.30. The summed E-state index contributed by atoms with van der Waals surface area (Å²) < 4.78 is 0. The minimum atomic E-state index is 0.410. The Hall–Kier alpha value is -0.630. The van der Waals surface area contributed by atoms with Crippen molar-refractivity contribution in [2.75, 3.05) is 0 Å². The number of aryl methyl sites for hydroxylation is 1. The number of carbonyl (C=O) groups is 1. The molecule has 1 heterocycles. The molecule has 0 aliphatic carbocycles. The topological polar surface area (TPSA) is 17.1 Å². The highest BCUT2D eigenvalue weighted by molar-refractivity contribution is 7.07. The third kappa shape index (κ3) is 4.23. The van der Waals surface area contributed by atoms with Crippen LogP contribution in [0.5, 0.6) is 0 Å². The molecule has 0 spiro atoms. The fraction of sp³-hybridized carbons (Fsp3) is 0.545. The molecular formula is C11H16OS. The molecule has 0 bridgehead atoms. The van der Waals surface area contributed by atoms with Gasteiger partial charge in [0.1, 0.15) is 5.78 Å².